The maximum absolute atomic E-state index is 3.90. The van der Waals surface area contributed by atoms with E-state index in [0.29, 0.717) is 16.7 Å². The van der Waals surface area contributed by atoms with Gasteiger partial charge in [-0.2, -0.15) is 0 Å². The van der Waals surface area contributed by atoms with E-state index in [0.717, 1.165) is 0 Å². The van der Waals surface area contributed by atoms with Gasteiger partial charge in [-0.25, -0.2) is 0 Å². The summed E-state index contributed by atoms with van der Waals surface area (Å²) >= 11 is 3.90. The van der Waals surface area contributed by atoms with Crippen LogP contribution in [0.3, 0.4) is 0 Å². The summed E-state index contributed by atoms with van der Waals surface area (Å²) in [5.74, 6) is 0.981. The van der Waals surface area contributed by atoms with Crippen molar-refractivity contribution in [2.75, 3.05) is 0 Å². The third-order valence-corrected chi connectivity index (χ3v) is 5.44. The van der Waals surface area contributed by atoms with Gasteiger partial charge in [0.05, 0.1) is 0 Å². The molecule has 1 heteroatoms. The van der Waals surface area contributed by atoms with Gasteiger partial charge >= 0.3 is 0 Å². The fraction of sp³-hybridized carbons (Fsp3) is 0.294. The van der Waals surface area contributed by atoms with Crippen molar-refractivity contribution in [2.45, 2.75) is 30.5 Å². The minimum Gasteiger partial charge on any atom is -0.0832 e. The molecular formula is C17H17Br. The van der Waals surface area contributed by atoms with E-state index < -0.39 is 0 Å². The first-order valence-corrected chi connectivity index (χ1v) is 7.43. The van der Waals surface area contributed by atoms with Crippen molar-refractivity contribution >= 4 is 15.9 Å². The molecule has 2 aromatic rings. The molecule has 1 aliphatic carbocycles. The smallest absolute Gasteiger partial charge is 0.0464 e. The summed E-state index contributed by atoms with van der Waals surface area (Å²) in [7, 11) is 0. The van der Waals surface area contributed by atoms with Gasteiger partial charge in [0.1, 0.15) is 0 Å². The second-order valence-electron chi connectivity index (χ2n) is 5.17. The molecule has 3 atom stereocenters. The summed E-state index contributed by atoms with van der Waals surface area (Å²) in [6.07, 6.45) is 0. The van der Waals surface area contributed by atoms with Crippen LogP contribution in [-0.4, -0.2) is 0 Å². The second kappa shape index (κ2) is 4.55. The van der Waals surface area contributed by atoms with Crippen LogP contribution >= 0.6 is 15.9 Å². The minimum absolute atomic E-state index is 0.403. The Kier molecular flexibility index (Phi) is 3.03. The lowest BCUT2D eigenvalue weighted by molar-refractivity contribution is 0.753. The van der Waals surface area contributed by atoms with Crippen molar-refractivity contribution in [1.29, 1.82) is 0 Å². The molecule has 0 heterocycles. The van der Waals surface area contributed by atoms with Gasteiger partial charge in [-0.15, -0.1) is 0 Å². The van der Waals surface area contributed by atoms with Gasteiger partial charge in [0, 0.05) is 10.7 Å². The van der Waals surface area contributed by atoms with Crippen molar-refractivity contribution in [3.05, 3.63) is 70.8 Å². The summed E-state index contributed by atoms with van der Waals surface area (Å²) in [6.45, 7) is 4.63. The molecule has 0 saturated heterocycles. The highest BCUT2D eigenvalue weighted by Gasteiger charge is 2.29. The summed E-state index contributed by atoms with van der Waals surface area (Å²) < 4.78 is 0. The highest BCUT2D eigenvalue weighted by atomic mass is 79.9. The first-order valence-electron chi connectivity index (χ1n) is 6.52. The molecule has 0 amide bonds. The standard InChI is InChI=1S/C17H17Br/c1-11-13-7-3-4-9-15(13)12(2)17(18)16-10-6-5-8-14(11)16/h3-12,17H,1-2H3. The van der Waals surface area contributed by atoms with Crippen molar-refractivity contribution in [2.24, 2.45) is 0 Å². The summed E-state index contributed by atoms with van der Waals surface area (Å²) in [5.41, 5.74) is 5.84. The topological polar surface area (TPSA) is 0 Å². The largest absolute Gasteiger partial charge is 0.0832 e. The van der Waals surface area contributed by atoms with Crippen molar-refractivity contribution in [3.8, 4) is 0 Å². The molecule has 1 aliphatic rings. The van der Waals surface area contributed by atoms with E-state index in [1.165, 1.54) is 22.3 Å². The maximum atomic E-state index is 3.90. The van der Waals surface area contributed by atoms with Crippen LogP contribution in [-0.2, 0) is 0 Å². The highest BCUT2D eigenvalue weighted by molar-refractivity contribution is 9.09. The van der Waals surface area contributed by atoms with Crippen LogP contribution < -0.4 is 0 Å². The van der Waals surface area contributed by atoms with E-state index in [9.17, 15) is 0 Å². The Balaban J connectivity index is 2.28. The van der Waals surface area contributed by atoms with Crippen LogP contribution in [0, 0.1) is 0 Å². The van der Waals surface area contributed by atoms with Crippen LogP contribution in [0.4, 0.5) is 0 Å². The minimum atomic E-state index is 0.403. The zero-order valence-electron chi connectivity index (χ0n) is 10.7. The molecule has 0 N–H and O–H groups in total. The molecule has 0 saturated carbocycles. The Morgan fingerprint density at radius 2 is 1.17 bits per heavy atom. The molecule has 0 nitrogen and oxygen atoms in total. The highest BCUT2D eigenvalue weighted by Crippen LogP contribution is 2.47. The van der Waals surface area contributed by atoms with Gasteiger partial charge in [0.15, 0.2) is 0 Å². The molecule has 3 rings (SSSR count). The Bertz CT molecular complexity index is 522. The van der Waals surface area contributed by atoms with Crippen LogP contribution in [0.25, 0.3) is 0 Å². The third-order valence-electron chi connectivity index (χ3n) is 4.15. The maximum Gasteiger partial charge on any atom is 0.0464 e. The Morgan fingerprint density at radius 3 is 1.78 bits per heavy atom. The van der Waals surface area contributed by atoms with Gasteiger partial charge in [-0.05, 0) is 28.2 Å². The van der Waals surface area contributed by atoms with E-state index >= 15 is 0 Å². The Morgan fingerprint density at radius 1 is 0.722 bits per heavy atom. The quantitative estimate of drug-likeness (QED) is 0.572. The predicted molar refractivity (Wildman–Crippen MR) is 80.5 cm³/mol. The van der Waals surface area contributed by atoms with Crippen LogP contribution in [0.5, 0.6) is 0 Å². The average molecular weight is 301 g/mol. The SMILES string of the molecule is CC1c2ccccc2C(C)C(Br)c2ccccc21. The zero-order valence-corrected chi connectivity index (χ0v) is 12.3. The fourth-order valence-electron chi connectivity index (χ4n) is 3.07. The van der Waals surface area contributed by atoms with Gasteiger partial charge in [-0.1, -0.05) is 78.3 Å². The summed E-state index contributed by atoms with van der Waals surface area (Å²) in [5, 5.41) is 0. The third kappa shape index (κ3) is 1.73. The van der Waals surface area contributed by atoms with E-state index in [2.05, 4.69) is 78.3 Å². The molecule has 0 bridgehead atoms. The molecule has 0 spiro atoms. The normalized spacial score (nSPS) is 26.1. The monoisotopic (exact) mass is 300 g/mol. The molecular weight excluding hydrogens is 284 g/mol. The van der Waals surface area contributed by atoms with E-state index in [1.54, 1.807) is 0 Å². The molecule has 0 fully saturated rings. The number of alkyl halides is 1. The van der Waals surface area contributed by atoms with Gasteiger partial charge in [-0.3, -0.25) is 0 Å². The number of rotatable bonds is 0. The molecule has 92 valence electrons. The first-order chi connectivity index (χ1) is 8.70. The van der Waals surface area contributed by atoms with E-state index in [-0.39, 0.29) is 0 Å². The Hall–Kier alpha value is -1.08. The van der Waals surface area contributed by atoms with E-state index in [1.807, 2.05) is 0 Å². The summed E-state index contributed by atoms with van der Waals surface area (Å²) in [4.78, 5) is 0.403. The number of fused-ring (bicyclic) bond motifs is 2. The molecule has 0 radical (unpaired) electrons. The van der Waals surface area contributed by atoms with Crippen LogP contribution in [0.1, 0.15) is 52.8 Å². The molecule has 2 aromatic carbocycles. The van der Waals surface area contributed by atoms with Crippen molar-refractivity contribution in [1.82, 2.24) is 0 Å². The number of halogens is 1. The van der Waals surface area contributed by atoms with Gasteiger partial charge < -0.3 is 0 Å². The number of hydrogen-bond donors (Lipinski definition) is 0. The number of benzene rings is 2. The lowest BCUT2D eigenvalue weighted by Gasteiger charge is -2.18. The predicted octanol–water partition coefficient (Wildman–Crippen LogP) is 5.39. The lowest BCUT2D eigenvalue weighted by Crippen LogP contribution is -2.01. The van der Waals surface area contributed by atoms with E-state index in [4.69, 9.17) is 0 Å². The fourth-order valence-corrected chi connectivity index (χ4v) is 3.77. The second-order valence-corrected chi connectivity index (χ2v) is 6.16. The molecule has 0 aliphatic heterocycles. The molecule has 0 aromatic heterocycles. The lowest BCUT2D eigenvalue weighted by atomic mass is 9.89. The first kappa shape index (κ1) is 12.0. The number of hydrogen-bond acceptors (Lipinski definition) is 0. The Labute approximate surface area is 117 Å². The van der Waals surface area contributed by atoms with Gasteiger partial charge in [0.25, 0.3) is 0 Å². The van der Waals surface area contributed by atoms with Crippen LogP contribution in [0.15, 0.2) is 48.5 Å². The molecule has 18 heavy (non-hydrogen) atoms. The van der Waals surface area contributed by atoms with Crippen molar-refractivity contribution < 1.29 is 0 Å². The molecule has 3 unspecified atom stereocenters. The zero-order chi connectivity index (χ0) is 12.7. The van der Waals surface area contributed by atoms with Crippen molar-refractivity contribution in [3.63, 3.8) is 0 Å². The average Bonchev–Trinajstić information content (AvgIpc) is 2.51. The van der Waals surface area contributed by atoms with Gasteiger partial charge in [0.2, 0.25) is 0 Å². The summed E-state index contributed by atoms with van der Waals surface area (Å²) in [6, 6.07) is 17.7. The van der Waals surface area contributed by atoms with Crippen LogP contribution in [0.2, 0.25) is 0 Å².